The molecule has 4 atom stereocenters. The Hall–Kier alpha value is -1.89. The fraction of sp³-hybridized carbons (Fsp3) is 0.421. The molecule has 0 spiro atoms. The summed E-state index contributed by atoms with van der Waals surface area (Å²) in [5.41, 5.74) is 0.186. The van der Waals surface area contributed by atoms with Crippen LogP contribution in [0.15, 0.2) is 30.6 Å². The highest BCUT2D eigenvalue weighted by molar-refractivity contribution is 6.40. The lowest BCUT2D eigenvalue weighted by Gasteiger charge is -2.27. The van der Waals surface area contributed by atoms with Crippen LogP contribution in [-0.4, -0.2) is 32.6 Å². The Kier molecular flexibility index (Phi) is 3.41. The van der Waals surface area contributed by atoms with Crippen LogP contribution in [0.4, 0.5) is 5.69 Å². The number of hydrogen-bond acceptors (Lipinski definition) is 4. The van der Waals surface area contributed by atoms with Gasteiger partial charge in [0.1, 0.15) is 6.33 Å². The monoisotopic (exact) mass is 405 g/mol. The second-order valence-corrected chi connectivity index (χ2v) is 8.62. The normalized spacial score (nSPS) is 34.6. The fourth-order valence-electron chi connectivity index (χ4n) is 4.98. The van der Waals surface area contributed by atoms with Gasteiger partial charge in [-0.05, 0) is 51.0 Å². The van der Waals surface area contributed by atoms with E-state index in [9.17, 15) is 9.59 Å². The summed E-state index contributed by atoms with van der Waals surface area (Å²) in [5.74, 6) is -1.17. The van der Waals surface area contributed by atoms with Crippen molar-refractivity contribution >= 4 is 40.7 Å². The summed E-state index contributed by atoms with van der Waals surface area (Å²) in [5, 5.41) is 0.525. The molecule has 0 N–H and O–H groups in total. The molecule has 1 aromatic carbocycles. The molecule has 3 saturated heterocycles. The van der Waals surface area contributed by atoms with E-state index in [4.69, 9.17) is 27.9 Å². The van der Waals surface area contributed by atoms with Crippen molar-refractivity contribution in [2.75, 3.05) is 4.90 Å². The highest BCUT2D eigenvalue weighted by atomic mass is 35.5. The van der Waals surface area contributed by atoms with Gasteiger partial charge in [0.05, 0.1) is 28.7 Å². The van der Waals surface area contributed by atoms with E-state index in [1.165, 1.54) is 11.2 Å². The minimum absolute atomic E-state index is 0.174. The Labute approximate surface area is 166 Å². The van der Waals surface area contributed by atoms with Gasteiger partial charge in [-0.2, -0.15) is 0 Å². The molecular formula is C19H17Cl2N3O3. The van der Waals surface area contributed by atoms with Crippen LogP contribution in [0.25, 0.3) is 5.69 Å². The number of nitrogens with zero attached hydrogens (tertiary/aromatic N) is 3. The maximum Gasteiger partial charge on any atom is 0.240 e. The molecule has 0 radical (unpaired) electrons. The van der Waals surface area contributed by atoms with Crippen molar-refractivity contribution in [1.82, 2.24) is 9.55 Å². The van der Waals surface area contributed by atoms with Crippen LogP contribution in [-0.2, 0) is 14.3 Å². The zero-order valence-electron chi connectivity index (χ0n) is 14.8. The quantitative estimate of drug-likeness (QED) is 0.715. The van der Waals surface area contributed by atoms with Gasteiger partial charge in [0.15, 0.2) is 10.3 Å². The van der Waals surface area contributed by atoms with E-state index in [0.717, 1.165) is 18.5 Å². The first-order valence-electron chi connectivity index (χ1n) is 8.82. The molecule has 3 aliphatic heterocycles. The smallest absolute Gasteiger partial charge is 0.240 e. The van der Waals surface area contributed by atoms with Crippen molar-refractivity contribution in [1.29, 1.82) is 0 Å². The number of fused-ring (bicyclic) bond motifs is 5. The fourth-order valence-corrected chi connectivity index (χ4v) is 5.30. The lowest BCUT2D eigenvalue weighted by Crippen LogP contribution is -2.40. The van der Waals surface area contributed by atoms with Crippen LogP contribution in [0.3, 0.4) is 0 Å². The van der Waals surface area contributed by atoms with Crippen molar-refractivity contribution in [3.8, 4) is 5.69 Å². The van der Waals surface area contributed by atoms with E-state index >= 15 is 0 Å². The summed E-state index contributed by atoms with van der Waals surface area (Å²) in [7, 11) is 0. The van der Waals surface area contributed by atoms with Gasteiger partial charge in [-0.3, -0.25) is 14.2 Å². The minimum Gasteiger partial charge on any atom is -0.367 e. The Morgan fingerprint density at radius 3 is 2.00 bits per heavy atom. The Morgan fingerprint density at radius 1 is 1.00 bits per heavy atom. The van der Waals surface area contributed by atoms with E-state index in [1.54, 1.807) is 28.8 Å². The molecule has 2 aromatic rings. The van der Waals surface area contributed by atoms with Crippen LogP contribution >= 0.6 is 23.2 Å². The second kappa shape index (κ2) is 5.34. The van der Waals surface area contributed by atoms with Crippen molar-refractivity contribution in [2.45, 2.75) is 37.9 Å². The molecule has 5 rings (SSSR count). The highest BCUT2D eigenvalue weighted by Crippen LogP contribution is 2.60. The minimum atomic E-state index is -0.554. The number of benzene rings is 1. The van der Waals surface area contributed by atoms with Crippen molar-refractivity contribution < 1.29 is 14.3 Å². The summed E-state index contributed by atoms with van der Waals surface area (Å²) < 4.78 is 7.76. The number of rotatable bonds is 2. The average Bonchev–Trinajstić information content (AvgIpc) is 3.29. The largest absolute Gasteiger partial charge is 0.367 e. The van der Waals surface area contributed by atoms with Gasteiger partial charge in [-0.15, -0.1) is 0 Å². The number of ether oxygens (including phenoxy) is 1. The molecule has 27 heavy (non-hydrogen) atoms. The standard InChI is InChI=1S/C19H17Cl2N3O3/c1-18-7-8-19(2,27-18)13-12(18)16(25)24(17(13)26)11-5-3-10(4-6-11)23-9-22-14(20)15(23)21/h3-6,9,12-13H,7-8H2,1-2H3/t12-,13+,18-,19+. The van der Waals surface area contributed by atoms with Gasteiger partial charge in [0.2, 0.25) is 11.8 Å². The second-order valence-electron chi connectivity index (χ2n) is 7.91. The molecule has 6 nitrogen and oxygen atoms in total. The lowest BCUT2D eigenvalue weighted by atomic mass is 9.69. The van der Waals surface area contributed by atoms with Crippen LogP contribution < -0.4 is 4.90 Å². The first-order valence-corrected chi connectivity index (χ1v) is 9.57. The predicted octanol–water partition coefficient (Wildman–Crippen LogP) is 3.63. The third-order valence-corrected chi connectivity index (χ3v) is 6.99. The maximum absolute atomic E-state index is 13.1. The molecule has 2 amide bonds. The van der Waals surface area contributed by atoms with Crippen LogP contribution in [0, 0.1) is 11.8 Å². The first kappa shape index (κ1) is 17.2. The summed E-state index contributed by atoms with van der Waals surface area (Å²) in [6, 6.07) is 7.04. The number of anilines is 1. The van der Waals surface area contributed by atoms with Crippen molar-refractivity contribution in [3.63, 3.8) is 0 Å². The summed E-state index contributed by atoms with van der Waals surface area (Å²) in [4.78, 5) is 31.5. The van der Waals surface area contributed by atoms with Crippen molar-refractivity contribution in [2.24, 2.45) is 11.8 Å². The molecule has 8 heteroatoms. The number of hydrogen-bond donors (Lipinski definition) is 0. The van der Waals surface area contributed by atoms with Crippen LogP contribution in [0.1, 0.15) is 26.7 Å². The van der Waals surface area contributed by atoms with Gasteiger partial charge >= 0.3 is 0 Å². The topological polar surface area (TPSA) is 64.4 Å². The summed E-state index contributed by atoms with van der Waals surface area (Å²) in [6.45, 7) is 3.90. The molecule has 4 heterocycles. The predicted molar refractivity (Wildman–Crippen MR) is 100 cm³/mol. The molecule has 0 unspecified atom stereocenters. The Bertz CT molecular complexity index is 955. The summed E-state index contributed by atoms with van der Waals surface area (Å²) >= 11 is 12.0. The van der Waals surface area contributed by atoms with E-state index < -0.39 is 23.0 Å². The molecule has 0 saturated carbocycles. The SMILES string of the molecule is C[C@]12CC[C@](C)(O1)[C@@H]1C(=O)N(c3ccc(-n4cnc(Cl)c4Cl)cc3)C(=O)[C@@H]12. The number of halogens is 2. The molecule has 3 aliphatic rings. The van der Waals surface area contributed by atoms with Gasteiger partial charge in [-0.1, -0.05) is 23.2 Å². The first-order chi connectivity index (χ1) is 12.8. The molecule has 0 aliphatic carbocycles. The van der Waals surface area contributed by atoms with E-state index in [2.05, 4.69) is 4.98 Å². The summed E-state index contributed by atoms with van der Waals surface area (Å²) in [6.07, 6.45) is 3.12. The zero-order chi connectivity index (χ0) is 19.1. The molecule has 3 fully saturated rings. The number of imide groups is 1. The number of imidazole rings is 1. The van der Waals surface area contributed by atoms with Crippen LogP contribution in [0.2, 0.25) is 10.3 Å². The van der Waals surface area contributed by atoms with E-state index in [-0.39, 0.29) is 17.0 Å². The van der Waals surface area contributed by atoms with Gasteiger partial charge in [-0.25, -0.2) is 9.88 Å². The van der Waals surface area contributed by atoms with Crippen molar-refractivity contribution in [3.05, 3.63) is 40.9 Å². The molecule has 140 valence electrons. The molecular weight excluding hydrogens is 389 g/mol. The van der Waals surface area contributed by atoms with Gasteiger partial charge in [0.25, 0.3) is 0 Å². The van der Waals surface area contributed by atoms with Gasteiger partial charge in [0, 0.05) is 5.69 Å². The lowest BCUT2D eigenvalue weighted by molar-refractivity contribution is -0.129. The number of carbonyl (C=O) groups excluding carboxylic acids is 2. The van der Waals surface area contributed by atoms with Gasteiger partial charge < -0.3 is 4.74 Å². The molecule has 1 aromatic heterocycles. The molecule has 2 bridgehead atoms. The van der Waals surface area contributed by atoms with Crippen LogP contribution in [0.5, 0.6) is 0 Å². The maximum atomic E-state index is 13.1. The third-order valence-electron chi connectivity index (χ3n) is 6.26. The van der Waals surface area contributed by atoms with E-state index in [0.29, 0.717) is 10.8 Å². The highest BCUT2D eigenvalue weighted by Gasteiger charge is 2.72. The number of carbonyl (C=O) groups is 2. The zero-order valence-corrected chi connectivity index (χ0v) is 16.3. The third kappa shape index (κ3) is 2.15. The number of aromatic nitrogens is 2. The number of amides is 2. The Balaban J connectivity index is 1.50. The Morgan fingerprint density at radius 2 is 1.52 bits per heavy atom. The van der Waals surface area contributed by atoms with E-state index in [1.807, 2.05) is 13.8 Å². The average molecular weight is 406 g/mol.